The Morgan fingerprint density at radius 2 is 2.64 bits per heavy atom. The van der Waals surface area contributed by atoms with Gasteiger partial charge in [0.2, 0.25) is 0 Å². The summed E-state index contributed by atoms with van der Waals surface area (Å²) in [5, 5.41) is 13.4. The molecule has 4 N–H and O–H groups in total. The van der Waals surface area contributed by atoms with Crippen LogP contribution in [0.2, 0.25) is 0 Å². The molecule has 0 aromatic rings. The van der Waals surface area contributed by atoms with Crippen molar-refractivity contribution in [2.24, 2.45) is 10.7 Å². The normalized spacial score (nSPS) is 36.3. The van der Waals surface area contributed by atoms with Crippen LogP contribution in [0.3, 0.4) is 0 Å². The van der Waals surface area contributed by atoms with Gasteiger partial charge < -0.3 is 16.3 Å². The van der Waals surface area contributed by atoms with Crippen LogP contribution < -0.4 is 11.1 Å². The van der Waals surface area contributed by atoms with Crippen molar-refractivity contribution in [1.82, 2.24) is 10.4 Å². The van der Waals surface area contributed by atoms with Crippen molar-refractivity contribution >= 4 is 5.96 Å². The molecular formula is C6H10N4O. The molecule has 0 saturated carbocycles. The van der Waals surface area contributed by atoms with Crippen molar-refractivity contribution in [1.29, 1.82) is 0 Å². The van der Waals surface area contributed by atoms with E-state index in [1.807, 2.05) is 12.2 Å². The van der Waals surface area contributed by atoms with E-state index in [9.17, 15) is 5.21 Å². The molecule has 2 rings (SSSR count). The van der Waals surface area contributed by atoms with Gasteiger partial charge in [0.25, 0.3) is 0 Å². The molecule has 2 atom stereocenters. The summed E-state index contributed by atoms with van der Waals surface area (Å²) in [6.45, 7) is 0.514. The lowest BCUT2D eigenvalue weighted by atomic mass is 10.2. The second-order valence-electron chi connectivity index (χ2n) is 2.65. The van der Waals surface area contributed by atoms with Gasteiger partial charge in [0, 0.05) is 6.54 Å². The van der Waals surface area contributed by atoms with E-state index in [-0.39, 0.29) is 12.2 Å². The Bertz CT molecular complexity index is 225. The molecule has 0 saturated heterocycles. The summed E-state index contributed by atoms with van der Waals surface area (Å²) in [5.41, 5.74) is 5.42. The van der Waals surface area contributed by atoms with E-state index in [0.717, 1.165) is 5.06 Å². The molecule has 5 nitrogen and oxygen atoms in total. The Kier molecular flexibility index (Phi) is 1.33. The highest BCUT2D eigenvalue weighted by Gasteiger charge is 2.31. The van der Waals surface area contributed by atoms with Crippen LogP contribution in [-0.2, 0) is 0 Å². The van der Waals surface area contributed by atoms with Crippen LogP contribution in [0.25, 0.3) is 0 Å². The second-order valence-corrected chi connectivity index (χ2v) is 2.65. The highest BCUT2D eigenvalue weighted by atomic mass is 16.5. The van der Waals surface area contributed by atoms with Crippen LogP contribution in [0, 0.1) is 0 Å². The minimum Gasteiger partial charge on any atom is -0.370 e. The van der Waals surface area contributed by atoms with E-state index in [2.05, 4.69) is 10.3 Å². The molecule has 0 radical (unpaired) electrons. The van der Waals surface area contributed by atoms with Gasteiger partial charge in [-0.15, -0.1) is 0 Å². The van der Waals surface area contributed by atoms with Gasteiger partial charge >= 0.3 is 0 Å². The van der Waals surface area contributed by atoms with Gasteiger partial charge in [0.05, 0.1) is 6.04 Å². The standard InChI is InChI=1S/C6H10N4O/c7-6-8-4-2-1-3-10(11)5(4)9-6/h1-2,4-5,11H,3H2,(H3,7,8,9). The fourth-order valence-corrected chi connectivity index (χ4v) is 1.33. The smallest absolute Gasteiger partial charge is 0.190 e. The minimum atomic E-state index is -0.236. The lowest BCUT2D eigenvalue weighted by Crippen LogP contribution is -2.45. The molecule has 0 amide bonds. The number of fused-ring (bicyclic) bond motifs is 1. The Balaban J connectivity index is 2.22. The van der Waals surface area contributed by atoms with Crippen LogP contribution in [0.4, 0.5) is 0 Å². The van der Waals surface area contributed by atoms with E-state index in [4.69, 9.17) is 5.73 Å². The Labute approximate surface area is 64.2 Å². The topological polar surface area (TPSA) is 73.9 Å². The van der Waals surface area contributed by atoms with Gasteiger partial charge in [-0.1, -0.05) is 12.2 Å². The van der Waals surface area contributed by atoms with Gasteiger partial charge in [-0.25, -0.2) is 4.99 Å². The predicted molar refractivity (Wildman–Crippen MR) is 40.0 cm³/mol. The molecule has 11 heavy (non-hydrogen) atoms. The van der Waals surface area contributed by atoms with Crippen molar-refractivity contribution in [3.63, 3.8) is 0 Å². The zero-order chi connectivity index (χ0) is 7.84. The van der Waals surface area contributed by atoms with Crippen LogP contribution in [0.5, 0.6) is 0 Å². The fourth-order valence-electron chi connectivity index (χ4n) is 1.33. The summed E-state index contributed by atoms with van der Waals surface area (Å²) in [6.07, 6.45) is 3.60. The van der Waals surface area contributed by atoms with E-state index in [1.54, 1.807) is 0 Å². The number of rotatable bonds is 0. The number of nitrogens with zero attached hydrogens (tertiary/aromatic N) is 2. The number of hydrogen-bond donors (Lipinski definition) is 3. The van der Waals surface area contributed by atoms with Gasteiger partial charge in [-0.05, 0) is 0 Å². The molecular weight excluding hydrogens is 144 g/mol. The Hall–Kier alpha value is -1.07. The van der Waals surface area contributed by atoms with Crippen molar-refractivity contribution < 1.29 is 5.21 Å². The molecule has 0 aliphatic carbocycles. The van der Waals surface area contributed by atoms with Gasteiger partial charge in [-0.3, -0.25) is 0 Å². The first-order valence-corrected chi connectivity index (χ1v) is 3.49. The minimum absolute atomic E-state index is 0.0359. The van der Waals surface area contributed by atoms with Crippen LogP contribution >= 0.6 is 0 Å². The summed E-state index contributed by atoms with van der Waals surface area (Å²) in [7, 11) is 0. The third-order valence-corrected chi connectivity index (χ3v) is 1.85. The number of nitrogens with two attached hydrogens (primary N) is 1. The van der Waals surface area contributed by atoms with E-state index < -0.39 is 0 Å². The monoisotopic (exact) mass is 154 g/mol. The summed E-state index contributed by atoms with van der Waals surface area (Å²) < 4.78 is 0. The molecule has 0 fully saturated rings. The largest absolute Gasteiger partial charge is 0.370 e. The molecule has 2 heterocycles. The average Bonchev–Trinajstić information content (AvgIpc) is 2.31. The third-order valence-electron chi connectivity index (χ3n) is 1.85. The summed E-state index contributed by atoms with van der Waals surface area (Å²) >= 11 is 0. The van der Waals surface area contributed by atoms with E-state index >= 15 is 0 Å². The number of aliphatic imine (C=N–C) groups is 1. The SMILES string of the molecule is NC1=NC2C(C=CCN2O)N1. The summed E-state index contributed by atoms with van der Waals surface area (Å²) in [5.74, 6) is 0.394. The Morgan fingerprint density at radius 1 is 1.82 bits per heavy atom. The van der Waals surface area contributed by atoms with Crippen molar-refractivity contribution in [3.8, 4) is 0 Å². The van der Waals surface area contributed by atoms with E-state index in [1.165, 1.54) is 0 Å². The average molecular weight is 154 g/mol. The number of hydroxylamine groups is 2. The van der Waals surface area contributed by atoms with Crippen molar-refractivity contribution in [2.45, 2.75) is 12.2 Å². The maximum Gasteiger partial charge on any atom is 0.190 e. The van der Waals surface area contributed by atoms with Crippen molar-refractivity contribution in [3.05, 3.63) is 12.2 Å². The van der Waals surface area contributed by atoms with E-state index in [0.29, 0.717) is 12.5 Å². The highest BCUT2D eigenvalue weighted by Crippen LogP contribution is 2.14. The summed E-state index contributed by atoms with van der Waals surface area (Å²) in [6, 6.07) is 0.0359. The predicted octanol–water partition coefficient (Wildman–Crippen LogP) is -1.14. The number of guanidine groups is 1. The quantitative estimate of drug-likeness (QED) is 0.386. The second kappa shape index (κ2) is 2.21. The van der Waals surface area contributed by atoms with Gasteiger partial charge in [0.15, 0.2) is 12.1 Å². The first-order chi connectivity index (χ1) is 5.27. The van der Waals surface area contributed by atoms with Crippen LogP contribution in [0.15, 0.2) is 17.1 Å². The molecule has 2 aliphatic rings. The zero-order valence-electron chi connectivity index (χ0n) is 5.94. The number of hydrogen-bond acceptors (Lipinski definition) is 5. The molecule has 2 aliphatic heterocycles. The molecule has 60 valence electrons. The molecule has 0 bridgehead atoms. The molecule has 0 aromatic heterocycles. The molecule has 0 aromatic carbocycles. The van der Waals surface area contributed by atoms with Gasteiger partial charge in [0.1, 0.15) is 0 Å². The molecule has 2 unspecified atom stereocenters. The lowest BCUT2D eigenvalue weighted by Gasteiger charge is -2.25. The third kappa shape index (κ3) is 0.979. The van der Waals surface area contributed by atoms with Crippen molar-refractivity contribution in [2.75, 3.05) is 6.54 Å². The Morgan fingerprint density at radius 3 is 3.36 bits per heavy atom. The van der Waals surface area contributed by atoms with Crippen LogP contribution in [0.1, 0.15) is 0 Å². The first-order valence-electron chi connectivity index (χ1n) is 3.49. The maximum absolute atomic E-state index is 9.28. The molecule has 5 heteroatoms. The van der Waals surface area contributed by atoms with Crippen LogP contribution in [-0.4, -0.2) is 35.0 Å². The highest BCUT2D eigenvalue weighted by molar-refractivity contribution is 5.80. The summed E-state index contributed by atoms with van der Waals surface area (Å²) in [4.78, 5) is 4.00. The van der Waals surface area contributed by atoms with Gasteiger partial charge in [-0.2, -0.15) is 5.06 Å². The number of nitrogens with one attached hydrogen (secondary N) is 1. The maximum atomic E-state index is 9.28. The first kappa shape index (κ1) is 6.63. The lowest BCUT2D eigenvalue weighted by molar-refractivity contribution is -0.119. The zero-order valence-corrected chi connectivity index (χ0v) is 5.94. The fraction of sp³-hybridized carbons (Fsp3) is 0.500. The molecule has 0 spiro atoms.